The van der Waals surface area contributed by atoms with Gasteiger partial charge >= 0.3 is 0 Å². The second kappa shape index (κ2) is 4.30. The van der Waals surface area contributed by atoms with Crippen molar-refractivity contribution in [2.75, 3.05) is 5.32 Å². The van der Waals surface area contributed by atoms with Crippen LogP contribution < -0.4 is 5.32 Å². The average molecular weight is 199 g/mol. The Morgan fingerprint density at radius 2 is 2.20 bits per heavy atom. The summed E-state index contributed by atoms with van der Waals surface area (Å²) in [5.41, 5.74) is 1.97. The summed E-state index contributed by atoms with van der Waals surface area (Å²) in [7, 11) is 0. The van der Waals surface area contributed by atoms with Crippen molar-refractivity contribution in [2.45, 2.75) is 26.3 Å². The van der Waals surface area contributed by atoms with Gasteiger partial charge in [-0.05, 0) is 25.5 Å². The van der Waals surface area contributed by atoms with Gasteiger partial charge in [0.1, 0.15) is 6.20 Å². The predicted molar refractivity (Wildman–Crippen MR) is 64.0 cm³/mol. The van der Waals surface area contributed by atoms with E-state index in [1.54, 1.807) is 0 Å². The van der Waals surface area contributed by atoms with Gasteiger partial charge in [0.05, 0.1) is 11.2 Å². The first-order valence-corrected chi connectivity index (χ1v) is 5.33. The van der Waals surface area contributed by atoms with E-state index in [-0.39, 0.29) is 0 Å². The maximum absolute atomic E-state index is 4.28. The van der Waals surface area contributed by atoms with Crippen molar-refractivity contribution in [1.82, 2.24) is 4.98 Å². The van der Waals surface area contributed by atoms with Crippen LogP contribution in [0.2, 0.25) is 0 Å². The van der Waals surface area contributed by atoms with E-state index in [1.165, 1.54) is 0 Å². The highest BCUT2D eigenvalue weighted by atomic mass is 14.9. The highest BCUT2D eigenvalue weighted by molar-refractivity contribution is 5.81. The average Bonchev–Trinajstić information content (AvgIpc) is 2.29. The van der Waals surface area contributed by atoms with Crippen molar-refractivity contribution in [2.24, 2.45) is 0 Å². The van der Waals surface area contributed by atoms with E-state index in [2.05, 4.69) is 42.5 Å². The molecule has 1 aromatic heterocycles. The van der Waals surface area contributed by atoms with Crippen LogP contribution in [0.25, 0.3) is 10.9 Å². The second-order valence-corrected chi connectivity index (χ2v) is 3.79. The van der Waals surface area contributed by atoms with E-state index in [0.29, 0.717) is 6.04 Å². The van der Waals surface area contributed by atoms with Crippen molar-refractivity contribution < 1.29 is 0 Å². The van der Waals surface area contributed by atoms with E-state index in [1.807, 2.05) is 18.2 Å². The lowest BCUT2D eigenvalue weighted by Gasteiger charge is -2.12. The van der Waals surface area contributed by atoms with Crippen LogP contribution in [-0.2, 0) is 0 Å². The number of fused-ring (bicyclic) bond motifs is 1. The molecule has 15 heavy (non-hydrogen) atoms. The normalized spacial score (nSPS) is 12.7. The van der Waals surface area contributed by atoms with E-state index in [4.69, 9.17) is 0 Å². The molecular weight excluding hydrogens is 184 g/mol. The third-order valence-corrected chi connectivity index (χ3v) is 2.55. The van der Waals surface area contributed by atoms with Crippen LogP contribution in [0.1, 0.15) is 20.3 Å². The number of aromatic nitrogens is 1. The zero-order valence-electron chi connectivity index (χ0n) is 9.12. The van der Waals surface area contributed by atoms with E-state index in [9.17, 15) is 0 Å². The number of hydrogen-bond acceptors (Lipinski definition) is 2. The Balaban J connectivity index is 2.30. The van der Waals surface area contributed by atoms with Crippen molar-refractivity contribution in [3.63, 3.8) is 0 Å². The van der Waals surface area contributed by atoms with Gasteiger partial charge in [0, 0.05) is 11.4 Å². The van der Waals surface area contributed by atoms with Crippen LogP contribution in [0.4, 0.5) is 5.69 Å². The molecule has 1 unspecified atom stereocenters. The van der Waals surface area contributed by atoms with Crippen LogP contribution >= 0.6 is 0 Å². The van der Waals surface area contributed by atoms with Crippen LogP contribution in [0.15, 0.2) is 30.3 Å². The summed E-state index contributed by atoms with van der Waals surface area (Å²) in [5.74, 6) is 0. The summed E-state index contributed by atoms with van der Waals surface area (Å²) in [6.45, 7) is 4.31. The molecule has 0 bridgehead atoms. The molecule has 0 fully saturated rings. The molecule has 1 heterocycles. The molecule has 1 radical (unpaired) electrons. The number of anilines is 1. The second-order valence-electron chi connectivity index (χ2n) is 3.79. The summed E-state index contributed by atoms with van der Waals surface area (Å²) in [5, 5.41) is 4.52. The number of benzene rings is 1. The topological polar surface area (TPSA) is 24.9 Å². The minimum atomic E-state index is 0.462. The number of hydrogen-bond donors (Lipinski definition) is 1. The van der Waals surface area contributed by atoms with Crippen molar-refractivity contribution in [3.8, 4) is 0 Å². The minimum absolute atomic E-state index is 0.462. The molecule has 2 heteroatoms. The number of nitrogens with zero attached hydrogens (tertiary/aromatic N) is 1. The monoisotopic (exact) mass is 199 g/mol. The molecular formula is C13H15N2. The van der Waals surface area contributed by atoms with E-state index < -0.39 is 0 Å². The molecule has 0 aliphatic heterocycles. The Morgan fingerprint density at radius 1 is 1.40 bits per heavy atom. The quantitative estimate of drug-likeness (QED) is 0.820. The molecule has 2 rings (SSSR count). The standard InChI is InChI=1S/C13H15N2/c1-3-10(2)15-12-8-11-6-4-5-7-13(11)14-9-12/h4-8,10,15H,3H2,1-2H3. The lowest BCUT2D eigenvalue weighted by atomic mass is 10.2. The van der Waals surface area contributed by atoms with Gasteiger partial charge in [0.25, 0.3) is 0 Å². The van der Waals surface area contributed by atoms with Gasteiger partial charge in [-0.25, -0.2) is 4.98 Å². The van der Waals surface area contributed by atoms with Crippen LogP contribution in [0.3, 0.4) is 0 Å². The molecule has 0 aliphatic carbocycles. The summed E-state index contributed by atoms with van der Waals surface area (Å²) in [6, 6.07) is 10.6. The molecule has 1 aromatic carbocycles. The number of rotatable bonds is 3. The molecule has 2 nitrogen and oxygen atoms in total. The molecule has 2 aromatic rings. The SMILES string of the molecule is CCC(C)Nc1[c]nc2ccccc2c1. The van der Waals surface area contributed by atoms with Gasteiger partial charge in [-0.2, -0.15) is 0 Å². The molecule has 0 aliphatic rings. The van der Waals surface area contributed by atoms with Gasteiger partial charge in [-0.15, -0.1) is 0 Å². The lowest BCUT2D eigenvalue weighted by molar-refractivity contribution is 0.763. The Hall–Kier alpha value is -1.57. The smallest absolute Gasteiger partial charge is 0.115 e. The van der Waals surface area contributed by atoms with E-state index in [0.717, 1.165) is 23.0 Å². The fraction of sp³-hybridized carbons (Fsp3) is 0.308. The van der Waals surface area contributed by atoms with Gasteiger partial charge in [0.2, 0.25) is 0 Å². The molecule has 0 amide bonds. The van der Waals surface area contributed by atoms with Crippen molar-refractivity contribution in [1.29, 1.82) is 0 Å². The zero-order chi connectivity index (χ0) is 10.7. The lowest BCUT2D eigenvalue weighted by Crippen LogP contribution is -2.13. The van der Waals surface area contributed by atoms with Gasteiger partial charge in [-0.1, -0.05) is 25.1 Å². The molecule has 1 atom stereocenters. The van der Waals surface area contributed by atoms with Crippen LogP contribution in [0, 0.1) is 6.20 Å². The summed E-state index contributed by atoms with van der Waals surface area (Å²) < 4.78 is 0. The van der Waals surface area contributed by atoms with Crippen LogP contribution in [0.5, 0.6) is 0 Å². The summed E-state index contributed by atoms with van der Waals surface area (Å²) in [4.78, 5) is 4.28. The first kappa shape index (κ1) is 9.97. The van der Waals surface area contributed by atoms with Gasteiger partial charge in [-0.3, -0.25) is 0 Å². The third-order valence-electron chi connectivity index (χ3n) is 2.55. The van der Waals surface area contributed by atoms with Crippen LogP contribution in [-0.4, -0.2) is 11.0 Å². The minimum Gasteiger partial charge on any atom is -0.381 e. The Kier molecular flexibility index (Phi) is 2.86. The van der Waals surface area contributed by atoms with Gasteiger partial charge in [0.15, 0.2) is 0 Å². The summed E-state index contributed by atoms with van der Waals surface area (Å²) >= 11 is 0. The predicted octanol–water partition coefficient (Wildman–Crippen LogP) is 3.25. The van der Waals surface area contributed by atoms with Gasteiger partial charge < -0.3 is 5.32 Å². The number of pyridine rings is 1. The molecule has 77 valence electrons. The van der Waals surface area contributed by atoms with Crippen molar-refractivity contribution in [3.05, 3.63) is 36.5 Å². The van der Waals surface area contributed by atoms with Crippen molar-refractivity contribution >= 4 is 16.6 Å². The highest BCUT2D eigenvalue weighted by Crippen LogP contribution is 2.16. The summed E-state index contributed by atoms with van der Waals surface area (Å²) in [6.07, 6.45) is 4.11. The molecule has 0 spiro atoms. The Bertz CT molecular complexity index is 451. The Labute approximate surface area is 90.3 Å². The fourth-order valence-electron chi connectivity index (χ4n) is 1.46. The highest BCUT2D eigenvalue weighted by Gasteiger charge is 2.00. The maximum Gasteiger partial charge on any atom is 0.115 e. The number of nitrogens with one attached hydrogen (secondary N) is 1. The fourth-order valence-corrected chi connectivity index (χ4v) is 1.46. The maximum atomic E-state index is 4.28. The third kappa shape index (κ3) is 2.27. The zero-order valence-corrected chi connectivity index (χ0v) is 9.12. The molecule has 0 saturated heterocycles. The largest absolute Gasteiger partial charge is 0.381 e. The Morgan fingerprint density at radius 3 is 3.00 bits per heavy atom. The first-order valence-electron chi connectivity index (χ1n) is 5.33. The molecule has 0 saturated carbocycles. The molecule has 1 N–H and O–H groups in total. The number of para-hydroxylation sites is 1. The first-order chi connectivity index (χ1) is 7.29. The van der Waals surface area contributed by atoms with E-state index >= 15 is 0 Å².